The molecular formula is C28H31N5O3. The van der Waals surface area contributed by atoms with E-state index in [-0.39, 0.29) is 22.9 Å². The second kappa shape index (κ2) is 8.27. The van der Waals surface area contributed by atoms with Crippen molar-refractivity contribution in [2.75, 3.05) is 0 Å². The van der Waals surface area contributed by atoms with Gasteiger partial charge in [-0.15, -0.1) is 0 Å². The van der Waals surface area contributed by atoms with Gasteiger partial charge in [0.2, 0.25) is 0 Å². The Morgan fingerprint density at radius 2 is 1.92 bits per heavy atom. The van der Waals surface area contributed by atoms with Crippen molar-refractivity contribution in [1.82, 2.24) is 25.1 Å². The summed E-state index contributed by atoms with van der Waals surface area (Å²) in [5.74, 6) is 0.256. The molecule has 0 bridgehead atoms. The minimum absolute atomic E-state index is 0.0849. The first-order valence-electron chi connectivity index (χ1n) is 12.7. The molecule has 1 aromatic carbocycles. The monoisotopic (exact) mass is 485 g/mol. The van der Waals surface area contributed by atoms with E-state index in [1.165, 1.54) is 0 Å². The van der Waals surface area contributed by atoms with E-state index in [0.717, 1.165) is 54.3 Å². The average Bonchev–Trinajstić information content (AvgIpc) is 3.22. The molecule has 1 amide bonds. The van der Waals surface area contributed by atoms with Gasteiger partial charge in [-0.2, -0.15) is 10.2 Å². The standard InChI is InChI=1S/C28H31N5O3/c1-27(2,36)10-9-17-7-8-23-22(15-29-33(23)16-17)25(34)30-19-13-28(14-19)11-18(12-28)24-20-5-3-4-6-21(20)26(35)32-31-24/h3-8,15-16,18-19,36H,9-14H2,1-2H3,(H,30,34)(H,32,35). The molecule has 0 unspecified atom stereocenters. The van der Waals surface area contributed by atoms with E-state index in [4.69, 9.17) is 0 Å². The molecule has 2 aliphatic carbocycles. The Labute approximate surface area is 208 Å². The Balaban J connectivity index is 1.07. The topological polar surface area (TPSA) is 112 Å². The zero-order chi connectivity index (χ0) is 25.1. The quantitative estimate of drug-likeness (QED) is 0.385. The Bertz CT molecular complexity index is 1520. The number of hydrogen-bond acceptors (Lipinski definition) is 5. The molecule has 2 saturated carbocycles. The van der Waals surface area contributed by atoms with Gasteiger partial charge in [0.25, 0.3) is 11.5 Å². The number of fused-ring (bicyclic) bond motifs is 2. The molecule has 1 spiro atoms. The van der Waals surface area contributed by atoms with Crippen molar-refractivity contribution in [3.8, 4) is 0 Å². The molecule has 8 heteroatoms. The summed E-state index contributed by atoms with van der Waals surface area (Å²) in [6, 6.07) is 11.8. The molecule has 0 aliphatic heterocycles. The number of nitrogens with zero attached hydrogens (tertiary/aromatic N) is 3. The fourth-order valence-corrected chi connectivity index (χ4v) is 6.11. The highest BCUT2D eigenvalue weighted by Crippen LogP contribution is 2.62. The van der Waals surface area contributed by atoms with Gasteiger partial charge in [0.1, 0.15) is 0 Å². The van der Waals surface area contributed by atoms with E-state index in [1.54, 1.807) is 24.6 Å². The predicted octanol–water partition coefficient (Wildman–Crippen LogP) is 3.73. The Kier molecular flexibility index (Phi) is 5.26. The second-order valence-corrected chi connectivity index (χ2v) is 11.4. The van der Waals surface area contributed by atoms with E-state index in [0.29, 0.717) is 23.3 Å². The molecule has 6 rings (SSSR count). The van der Waals surface area contributed by atoms with Crippen LogP contribution in [-0.4, -0.2) is 42.5 Å². The van der Waals surface area contributed by atoms with Crippen LogP contribution in [0.2, 0.25) is 0 Å². The van der Waals surface area contributed by atoms with Crippen molar-refractivity contribution in [1.29, 1.82) is 0 Å². The van der Waals surface area contributed by atoms with Gasteiger partial charge in [0, 0.05) is 23.5 Å². The maximum atomic E-state index is 13.0. The first-order valence-corrected chi connectivity index (χ1v) is 12.7. The van der Waals surface area contributed by atoms with Crippen LogP contribution in [0.15, 0.2) is 53.6 Å². The Morgan fingerprint density at radius 3 is 2.67 bits per heavy atom. The van der Waals surface area contributed by atoms with E-state index in [2.05, 4.69) is 20.6 Å². The first kappa shape index (κ1) is 22.9. The predicted molar refractivity (Wildman–Crippen MR) is 137 cm³/mol. The third-order valence-corrected chi connectivity index (χ3v) is 8.01. The van der Waals surface area contributed by atoms with Gasteiger partial charge in [-0.3, -0.25) is 9.59 Å². The Hall–Kier alpha value is -3.52. The summed E-state index contributed by atoms with van der Waals surface area (Å²) in [6.45, 7) is 3.61. The fraction of sp³-hybridized carbons (Fsp3) is 0.429. The lowest BCUT2D eigenvalue weighted by atomic mass is 9.49. The maximum Gasteiger partial charge on any atom is 0.272 e. The lowest BCUT2D eigenvalue weighted by Gasteiger charge is -2.57. The van der Waals surface area contributed by atoms with Crippen molar-refractivity contribution < 1.29 is 9.90 Å². The lowest BCUT2D eigenvalue weighted by Crippen LogP contribution is -2.55. The fourth-order valence-electron chi connectivity index (χ4n) is 6.11. The molecule has 36 heavy (non-hydrogen) atoms. The third-order valence-electron chi connectivity index (χ3n) is 8.01. The summed E-state index contributed by atoms with van der Waals surface area (Å²) in [4.78, 5) is 25.1. The maximum absolute atomic E-state index is 13.0. The summed E-state index contributed by atoms with van der Waals surface area (Å²) in [6.07, 6.45) is 8.97. The number of H-pyrrole nitrogens is 1. The van der Waals surface area contributed by atoms with Crippen LogP contribution in [0, 0.1) is 5.41 Å². The van der Waals surface area contributed by atoms with Gasteiger partial charge >= 0.3 is 0 Å². The van der Waals surface area contributed by atoms with Crippen molar-refractivity contribution >= 4 is 22.2 Å². The highest BCUT2D eigenvalue weighted by molar-refractivity contribution is 6.00. The van der Waals surface area contributed by atoms with Gasteiger partial charge in [0.15, 0.2) is 0 Å². The molecule has 186 valence electrons. The lowest BCUT2D eigenvalue weighted by molar-refractivity contribution is -0.0196. The Morgan fingerprint density at radius 1 is 1.17 bits per heavy atom. The van der Waals surface area contributed by atoms with Crippen LogP contribution in [0.25, 0.3) is 16.3 Å². The minimum atomic E-state index is -0.713. The number of amides is 1. The highest BCUT2D eigenvalue weighted by atomic mass is 16.3. The molecule has 3 heterocycles. The van der Waals surface area contributed by atoms with Gasteiger partial charge in [-0.1, -0.05) is 24.3 Å². The zero-order valence-corrected chi connectivity index (χ0v) is 20.6. The molecule has 4 aromatic rings. The number of aromatic amines is 1. The van der Waals surface area contributed by atoms with E-state index >= 15 is 0 Å². The number of aryl methyl sites for hydroxylation is 1. The van der Waals surface area contributed by atoms with E-state index in [9.17, 15) is 14.7 Å². The second-order valence-electron chi connectivity index (χ2n) is 11.4. The number of hydrogen-bond donors (Lipinski definition) is 3. The van der Waals surface area contributed by atoms with Crippen molar-refractivity contribution in [3.63, 3.8) is 0 Å². The molecule has 3 aromatic heterocycles. The molecule has 0 radical (unpaired) electrons. The number of benzene rings is 1. The summed E-state index contributed by atoms with van der Waals surface area (Å²) >= 11 is 0. The zero-order valence-electron chi connectivity index (χ0n) is 20.6. The normalized spacial score (nSPS) is 23.5. The summed E-state index contributed by atoms with van der Waals surface area (Å²) < 4.78 is 1.74. The van der Waals surface area contributed by atoms with E-state index < -0.39 is 5.60 Å². The minimum Gasteiger partial charge on any atom is -0.390 e. The number of aromatic nitrogens is 4. The van der Waals surface area contributed by atoms with Crippen LogP contribution in [-0.2, 0) is 6.42 Å². The van der Waals surface area contributed by atoms with Crippen LogP contribution >= 0.6 is 0 Å². The molecule has 0 saturated heterocycles. The molecule has 8 nitrogen and oxygen atoms in total. The smallest absolute Gasteiger partial charge is 0.272 e. The molecule has 0 atom stereocenters. The molecule has 2 aliphatic rings. The van der Waals surface area contributed by atoms with Crippen molar-refractivity contribution in [2.24, 2.45) is 5.41 Å². The van der Waals surface area contributed by atoms with Gasteiger partial charge in [-0.05, 0) is 75.5 Å². The van der Waals surface area contributed by atoms with Crippen LogP contribution in [0.5, 0.6) is 0 Å². The van der Waals surface area contributed by atoms with Crippen molar-refractivity contribution in [3.05, 3.63) is 76.0 Å². The summed E-state index contributed by atoms with van der Waals surface area (Å²) in [5, 5.41) is 26.2. The average molecular weight is 486 g/mol. The van der Waals surface area contributed by atoms with Crippen LogP contribution < -0.4 is 10.9 Å². The number of pyridine rings is 1. The van der Waals surface area contributed by atoms with Crippen molar-refractivity contribution in [2.45, 2.75) is 69.9 Å². The highest BCUT2D eigenvalue weighted by Gasteiger charge is 2.54. The largest absolute Gasteiger partial charge is 0.390 e. The van der Waals surface area contributed by atoms with Gasteiger partial charge in [-0.25, -0.2) is 9.61 Å². The summed E-state index contributed by atoms with van der Waals surface area (Å²) in [7, 11) is 0. The number of carbonyl (C=O) groups excluding carboxylic acids is 1. The van der Waals surface area contributed by atoms with Crippen LogP contribution in [0.4, 0.5) is 0 Å². The van der Waals surface area contributed by atoms with Gasteiger partial charge in [0.05, 0.1) is 34.0 Å². The molecule has 3 N–H and O–H groups in total. The number of carbonyl (C=O) groups is 1. The SMILES string of the molecule is CC(C)(O)CCc1ccc2c(C(=O)NC3CC4(C3)CC(c3n[nH]c(=O)c5ccccc35)C4)cnn2c1. The number of rotatable bonds is 6. The number of nitrogens with one attached hydrogen (secondary N) is 2. The number of aliphatic hydroxyl groups is 1. The summed E-state index contributed by atoms with van der Waals surface area (Å²) in [5.41, 5.74) is 2.83. The van der Waals surface area contributed by atoms with Crippen LogP contribution in [0.3, 0.4) is 0 Å². The van der Waals surface area contributed by atoms with E-state index in [1.807, 2.05) is 42.6 Å². The van der Waals surface area contributed by atoms with Crippen LogP contribution in [0.1, 0.15) is 73.5 Å². The molecular weight excluding hydrogens is 454 g/mol. The molecule has 2 fully saturated rings. The first-order chi connectivity index (χ1) is 17.2. The van der Waals surface area contributed by atoms with Gasteiger partial charge < -0.3 is 10.4 Å². The third kappa shape index (κ3) is 4.09.